The average molecular weight is 425 g/mol. The van der Waals surface area contributed by atoms with Crippen LogP contribution < -0.4 is 0 Å². The maximum absolute atomic E-state index is 12.2. The molecule has 0 bridgehead atoms. The van der Waals surface area contributed by atoms with Crippen molar-refractivity contribution in [2.45, 2.75) is 77.2 Å². The highest BCUT2D eigenvalue weighted by atomic mass is 16.5. The fourth-order valence-corrected chi connectivity index (χ4v) is 3.53. The summed E-state index contributed by atoms with van der Waals surface area (Å²) < 4.78 is 5.14. The van der Waals surface area contributed by atoms with Gasteiger partial charge in [0, 0.05) is 18.4 Å². The van der Waals surface area contributed by atoms with Gasteiger partial charge in [-0.2, -0.15) is 0 Å². The molecule has 31 heavy (non-hydrogen) atoms. The molecule has 0 radical (unpaired) electrons. The largest absolute Gasteiger partial charge is 0.466 e. The number of rotatable bonds is 14. The van der Waals surface area contributed by atoms with E-state index in [9.17, 15) is 14.7 Å². The predicted octanol–water partition coefficient (Wildman–Crippen LogP) is 5.66. The zero-order valence-electron chi connectivity index (χ0n) is 18.7. The lowest BCUT2D eigenvalue weighted by atomic mass is 10.0. The highest BCUT2D eigenvalue weighted by Crippen LogP contribution is 2.27. The van der Waals surface area contributed by atoms with E-state index in [1.54, 1.807) is 0 Å². The number of esters is 1. The zero-order valence-corrected chi connectivity index (χ0v) is 18.7. The Kier molecular flexibility index (Phi) is 11.6. The molecule has 4 nitrogen and oxygen atoms in total. The Balaban J connectivity index is 1.74. The Morgan fingerprint density at radius 1 is 1.16 bits per heavy atom. The van der Waals surface area contributed by atoms with Crippen molar-refractivity contribution in [1.82, 2.24) is 0 Å². The summed E-state index contributed by atoms with van der Waals surface area (Å²) in [6.45, 7) is 2.58. The van der Waals surface area contributed by atoms with Gasteiger partial charge in [-0.25, -0.2) is 0 Å². The lowest BCUT2D eigenvalue weighted by molar-refractivity contribution is -0.143. The number of Topliss-reactive ketones (excluding diaryl/α,β-unsaturated/α-hetero) is 1. The average Bonchev–Trinajstić information content (AvgIpc) is 3.13. The second kappa shape index (κ2) is 14.5. The van der Waals surface area contributed by atoms with Crippen molar-refractivity contribution >= 4 is 11.8 Å². The van der Waals surface area contributed by atoms with Crippen molar-refractivity contribution in [3.8, 4) is 0 Å². The summed E-state index contributed by atoms with van der Waals surface area (Å²) in [5.41, 5.74) is 3.10. The van der Waals surface area contributed by atoms with Gasteiger partial charge >= 0.3 is 5.97 Å². The smallest absolute Gasteiger partial charge is 0.305 e. The van der Waals surface area contributed by atoms with Crippen molar-refractivity contribution in [2.75, 3.05) is 6.61 Å². The summed E-state index contributed by atoms with van der Waals surface area (Å²) in [6, 6.07) is 10.1. The number of unbranched alkanes of at least 4 members (excludes halogenated alkanes) is 2. The molecule has 0 aliphatic heterocycles. The fourth-order valence-electron chi connectivity index (χ4n) is 3.53. The van der Waals surface area contributed by atoms with E-state index in [1.165, 1.54) is 5.56 Å². The standard InChI is InChI=1S/C27H36O4/c1-2-3-21-31-27(30)14-10-5-4-9-13-25-23(17-20-26(25)29)16-19-24(28)18-15-22-11-7-6-8-12-22/h4,6-9,11-12,16,19,24,28H,2-3,5,10,13-15,17-18,20-21H2,1H3/t24-/m0/s1. The van der Waals surface area contributed by atoms with E-state index in [4.69, 9.17) is 4.74 Å². The molecule has 0 aromatic heterocycles. The van der Waals surface area contributed by atoms with Crippen LogP contribution in [0, 0.1) is 0 Å². The van der Waals surface area contributed by atoms with Crippen molar-refractivity contribution < 1.29 is 19.4 Å². The number of aliphatic hydroxyl groups excluding tert-OH is 1. The number of aryl methyl sites for hydroxylation is 1. The van der Waals surface area contributed by atoms with Crippen LogP contribution in [-0.4, -0.2) is 29.6 Å². The monoisotopic (exact) mass is 424 g/mol. The topological polar surface area (TPSA) is 63.6 Å². The number of allylic oxidation sites excluding steroid dienone is 5. The van der Waals surface area contributed by atoms with Crippen LogP contribution in [0.15, 0.2) is 65.8 Å². The molecule has 168 valence electrons. The summed E-state index contributed by atoms with van der Waals surface area (Å²) >= 11 is 0. The molecule has 1 atom stereocenters. The Hall–Kier alpha value is -2.46. The quantitative estimate of drug-likeness (QED) is 0.238. The first kappa shape index (κ1) is 24.8. The number of benzene rings is 1. The zero-order chi connectivity index (χ0) is 22.3. The van der Waals surface area contributed by atoms with E-state index in [0.29, 0.717) is 32.3 Å². The predicted molar refractivity (Wildman–Crippen MR) is 125 cm³/mol. The minimum Gasteiger partial charge on any atom is -0.466 e. The normalized spacial score (nSPS) is 15.4. The van der Waals surface area contributed by atoms with Crippen LogP contribution in [-0.2, 0) is 20.7 Å². The summed E-state index contributed by atoms with van der Waals surface area (Å²) in [5, 5.41) is 10.3. The molecule has 4 heteroatoms. The third-order valence-electron chi connectivity index (χ3n) is 5.44. The van der Waals surface area contributed by atoms with Crippen molar-refractivity contribution in [3.63, 3.8) is 0 Å². The molecule has 0 unspecified atom stereocenters. The Bertz CT molecular complexity index is 774. The Morgan fingerprint density at radius 3 is 2.74 bits per heavy atom. The molecule has 0 saturated heterocycles. The fraction of sp³-hybridized carbons (Fsp3) is 0.481. The van der Waals surface area contributed by atoms with E-state index >= 15 is 0 Å². The van der Waals surface area contributed by atoms with Crippen LogP contribution in [0.4, 0.5) is 0 Å². The molecule has 0 heterocycles. The Labute approximate surface area is 186 Å². The van der Waals surface area contributed by atoms with Crippen molar-refractivity contribution in [2.24, 2.45) is 0 Å². The number of ether oxygens (including phenoxy) is 1. The molecule has 1 aromatic carbocycles. The highest BCUT2D eigenvalue weighted by Gasteiger charge is 2.20. The van der Waals surface area contributed by atoms with Gasteiger partial charge in [0.05, 0.1) is 12.7 Å². The van der Waals surface area contributed by atoms with Gasteiger partial charge in [0.15, 0.2) is 5.78 Å². The minimum atomic E-state index is -0.516. The van der Waals surface area contributed by atoms with Gasteiger partial charge in [-0.3, -0.25) is 9.59 Å². The first-order valence-corrected chi connectivity index (χ1v) is 11.6. The summed E-state index contributed by atoms with van der Waals surface area (Å²) in [7, 11) is 0. The van der Waals surface area contributed by atoms with Gasteiger partial charge in [-0.15, -0.1) is 0 Å². The van der Waals surface area contributed by atoms with E-state index in [1.807, 2.05) is 42.5 Å². The molecule has 0 saturated carbocycles. The van der Waals surface area contributed by atoms with Crippen LogP contribution in [0.3, 0.4) is 0 Å². The second-order valence-electron chi connectivity index (χ2n) is 8.02. The van der Waals surface area contributed by atoms with Gasteiger partial charge < -0.3 is 9.84 Å². The van der Waals surface area contributed by atoms with E-state index in [2.05, 4.69) is 19.1 Å². The second-order valence-corrected chi connectivity index (χ2v) is 8.02. The van der Waals surface area contributed by atoms with E-state index in [-0.39, 0.29) is 11.8 Å². The maximum Gasteiger partial charge on any atom is 0.305 e. The summed E-state index contributed by atoms with van der Waals surface area (Å²) in [4.78, 5) is 23.8. The molecule has 1 aliphatic rings. The summed E-state index contributed by atoms with van der Waals surface area (Å²) in [5.74, 6) is 0.0661. The van der Waals surface area contributed by atoms with Crippen LogP contribution in [0.25, 0.3) is 0 Å². The van der Waals surface area contributed by atoms with Gasteiger partial charge in [-0.1, -0.05) is 68.0 Å². The molecule has 1 aromatic rings. The number of hydrogen-bond acceptors (Lipinski definition) is 4. The van der Waals surface area contributed by atoms with E-state index < -0.39 is 6.10 Å². The highest BCUT2D eigenvalue weighted by molar-refractivity contribution is 5.99. The van der Waals surface area contributed by atoms with Gasteiger partial charge in [0.2, 0.25) is 0 Å². The molecular weight excluding hydrogens is 388 g/mol. The molecule has 0 fully saturated rings. The number of carbonyl (C=O) groups is 2. The van der Waals surface area contributed by atoms with Crippen LogP contribution >= 0.6 is 0 Å². The summed E-state index contributed by atoms with van der Waals surface area (Å²) in [6.07, 6.45) is 14.6. The first-order chi connectivity index (χ1) is 15.1. The van der Waals surface area contributed by atoms with Crippen LogP contribution in [0.5, 0.6) is 0 Å². The number of hydrogen-bond donors (Lipinski definition) is 1. The van der Waals surface area contributed by atoms with Crippen LogP contribution in [0.2, 0.25) is 0 Å². The molecule has 2 rings (SSSR count). The molecule has 1 aliphatic carbocycles. The molecule has 1 N–H and O–H groups in total. The lowest BCUT2D eigenvalue weighted by Crippen LogP contribution is -2.05. The third-order valence-corrected chi connectivity index (χ3v) is 5.44. The maximum atomic E-state index is 12.2. The SMILES string of the molecule is CCCCOC(=O)CCCC=CCC1=C(C=C[C@@H](O)CCc2ccccc2)CCC1=O. The number of ketones is 1. The number of aliphatic hydroxyl groups is 1. The lowest BCUT2D eigenvalue weighted by Gasteiger charge is -2.06. The Morgan fingerprint density at radius 2 is 1.97 bits per heavy atom. The van der Waals surface area contributed by atoms with Gasteiger partial charge in [0.1, 0.15) is 0 Å². The first-order valence-electron chi connectivity index (χ1n) is 11.6. The van der Waals surface area contributed by atoms with Crippen molar-refractivity contribution in [3.05, 3.63) is 71.3 Å². The molecule has 0 spiro atoms. The van der Waals surface area contributed by atoms with Crippen molar-refractivity contribution in [1.29, 1.82) is 0 Å². The van der Waals surface area contributed by atoms with Gasteiger partial charge in [0.25, 0.3) is 0 Å². The number of carbonyl (C=O) groups excluding carboxylic acids is 2. The molecular formula is C27H36O4. The van der Waals surface area contributed by atoms with Crippen LogP contribution in [0.1, 0.15) is 70.3 Å². The third kappa shape index (κ3) is 9.93. The van der Waals surface area contributed by atoms with Gasteiger partial charge in [-0.05, 0) is 56.1 Å². The molecule has 0 amide bonds. The van der Waals surface area contributed by atoms with E-state index in [0.717, 1.165) is 49.7 Å². The minimum absolute atomic E-state index is 0.131.